The molecule has 1 aromatic heterocycles. The molecule has 0 unspecified atom stereocenters. The van der Waals surface area contributed by atoms with Gasteiger partial charge in [0.1, 0.15) is 11.4 Å². The molecule has 0 fully saturated rings. The average molecular weight is 242 g/mol. The Kier molecular flexibility index (Phi) is 2.52. The molecule has 0 aliphatic heterocycles. The fourth-order valence-corrected chi connectivity index (χ4v) is 2.52. The molecule has 0 spiro atoms. The quantitative estimate of drug-likeness (QED) is 0.850. The van der Waals surface area contributed by atoms with Gasteiger partial charge in [-0.2, -0.15) is 0 Å². The summed E-state index contributed by atoms with van der Waals surface area (Å²) >= 11 is 0. The molecule has 2 N–H and O–H groups in total. The second kappa shape index (κ2) is 3.95. The maximum atomic E-state index is 9.91. The highest BCUT2D eigenvalue weighted by atomic mass is 16.3. The van der Waals surface area contributed by atoms with Crippen molar-refractivity contribution in [3.8, 4) is 11.3 Å². The molecule has 3 heteroatoms. The van der Waals surface area contributed by atoms with Gasteiger partial charge in [-0.3, -0.25) is 0 Å². The summed E-state index contributed by atoms with van der Waals surface area (Å²) in [6.07, 6.45) is 5.43. The van der Waals surface area contributed by atoms with Crippen LogP contribution in [0.2, 0.25) is 0 Å². The van der Waals surface area contributed by atoms with Gasteiger partial charge in [-0.1, -0.05) is 12.1 Å². The molecule has 3 nitrogen and oxygen atoms in total. The summed E-state index contributed by atoms with van der Waals surface area (Å²) in [6, 6.07) is 6.58. The predicted octanol–water partition coefficient (Wildman–Crippen LogP) is 2.79. The third-order valence-corrected chi connectivity index (χ3v) is 3.56. The van der Waals surface area contributed by atoms with E-state index in [1.54, 1.807) is 20.0 Å². The lowest BCUT2D eigenvalue weighted by Crippen LogP contribution is -2.17. The molecule has 0 radical (unpaired) electrons. The van der Waals surface area contributed by atoms with Crippen molar-refractivity contribution >= 4 is 0 Å². The number of nitrogens with zero attached hydrogens (tertiary/aromatic N) is 1. The normalized spacial score (nSPS) is 14.8. The van der Waals surface area contributed by atoms with Gasteiger partial charge in [-0.25, -0.2) is 4.98 Å². The number of aromatic nitrogens is 2. The monoisotopic (exact) mass is 242 g/mol. The van der Waals surface area contributed by atoms with Gasteiger partial charge in [-0.05, 0) is 55.9 Å². The van der Waals surface area contributed by atoms with E-state index in [4.69, 9.17) is 0 Å². The van der Waals surface area contributed by atoms with E-state index in [1.165, 1.54) is 30.4 Å². The van der Waals surface area contributed by atoms with E-state index in [0.29, 0.717) is 5.82 Å². The molecule has 3 rings (SSSR count). The Labute approximate surface area is 107 Å². The number of hydrogen-bond acceptors (Lipinski definition) is 2. The minimum atomic E-state index is -0.922. The Morgan fingerprint density at radius 1 is 1.22 bits per heavy atom. The van der Waals surface area contributed by atoms with Crippen molar-refractivity contribution < 1.29 is 5.11 Å². The zero-order valence-electron chi connectivity index (χ0n) is 10.8. The highest BCUT2D eigenvalue weighted by molar-refractivity contribution is 5.61. The molecular weight excluding hydrogens is 224 g/mol. The highest BCUT2D eigenvalue weighted by Gasteiger charge is 2.20. The van der Waals surface area contributed by atoms with Gasteiger partial charge in [-0.15, -0.1) is 0 Å². The fraction of sp³-hybridized carbons (Fsp3) is 0.400. The molecular formula is C15H18N2O. The minimum absolute atomic E-state index is 0.609. The van der Waals surface area contributed by atoms with Crippen LogP contribution in [0.15, 0.2) is 24.4 Å². The van der Waals surface area contributed by atoms with Gasteiger partial charge in [0, 0.05) is 0 Å². The van der Waals surface area contributed by atoms with Gasteiger partial charge in [0.2, 0.25) is 0 Å². The van der Waals surface area contributed by atoms with Crippen LogP contribution in [0.25, 0.3) is 11.3 Å². The Bertz CT molecular complexity index is 578. The van der Waals surface area contributed by atoms with E-state index in [1.807, 2.05) is 0 Å². The van der Waals surface area contributed by atoms with Crippen LogP contribution in [-0.4, -0.2) is 15.1 Å². The molecule has 0 bridgehead atoms. The minimum Gasteiger partial charge on any atom is -0.383 e. The fourth-order valence-electron chi connectivity index (χ4n) is 2.52. The molecule has 18 heavy (non-hydrogen) atoms. The lowest BCUT2D eigenvalue weighted by Gasteiger charge is -2.13. The first-order valence-corrected chi connectivity index (χ1v) is 6.44. The van der Waals surface area contributed by atoms with Gasteiger partial charge in [0.15, 0.2) is 0 Å². The van der Waals surface area contributed by atoms with E-state index in [2.05, 4.69) is 28.2 Å². The second-order valence-electron chi connectivity index (χ2n) is 5.54. The zero-order chi connectivity index (χ0) is 12.8. The second-order valence-corrected chi connectivity index (χ2v) is 5.54. The number of fused-ring (bicyclic) bond motifs is 1. The Balaban J connectivity index is 1.98. The van der Waals surface area contributed by atoms with E-state index >= 15 is 0 Å². The lowest BCUT2D eigenvalue weighted by atomic mass is 10.0. The number of aromatic amines is 1. The number of H-pyrrole nitrogens is 1. The molecule has 2 aromatic rings. The van der Waals surface area contributed by atoms with E-state index < -0.39 is 5.60 Å². The number of rotatable bonds is 2. The Morgan fingerprint density at radius 2 is 2.00 bits per heavy atom. The summed E-state index contributed by atoms with van der Waals surface area (Å²) in [5.41, 5.74) is 4.13. The van der Waals surface area contributed by atoms with Crippen LogP contribution in [0.1, 0.15) is 37.2 Å². The average Bonchev–Trinajstić information content (AvgIpc) is 2.96. The number of aryl methyl sites for hydroxylation is 2. The van der Waals surface area contributed by atoms with Crippen LogP contribution in [-0.2, 0) is 18.4 Å². The van der Waals surface area contributed by atoms with Crippen molar-refractivity contribution in [1.29, 1.82) is 0 Å². The van der Waals surface area contributed by atoms with Gasteiger partial charge in [0.05, 0.1) is 11.9 Å². The maximum Gasteiger partial charge on any atom is 0.138 e. The molecule has 0 saturated carbocycles. The number of hydrogen-bond donors (Lipinski definition) is 2. The van der Waals surface area contributed by atoms with Crippen LogP contribution in [0.3, 0.4) is 0 Å². The number of aliphatic hydroxyl groups is 1. The van der Waals surface area contributed by atoms with Gasteiger partial charge >= 0.3 is 0 Å². The van der Waals surface area contributed by atoms with Crippen LogP contribution in [0.5, 0.6) is 0 Å². The molecule has 0 saturated heterocycles. The van der Waals surface area contributed by atoms with Crippen LogP contribution in [0.4, 0.5) is 0 Å². The predicted molar refractivity (Wildman–Crippen MR) is 71.3 cm³/mol. The molecule has 0 amide bonds. The smallest absolute Gasteiger partial charge is 0.138 e. The van der Waals surface area contributed by atoms with Crippen LogP contribution in [0, 0.1) is 0 Å². The van der Waals surface area contributed by atoms with E-state index in [-0.39, 0.29) is 0 Å². The molecule has 0 atom stereocenters. The summed E-state index contributed by atoms with van der Waals surface area (Å²) in [5.74, 6) is 0.609. The Morgan fingerprint density at radius 3 is 2.72 bits per heavy atom. The van der Waals surface area contributed by atoms with E-state index in [0.717, 1.165) is 11.3 Å². The van der Waals surface area contributed by atoms with Crippen molar-refractivity contribution in [2.24, 2.45) is 0 Å². The number of nitrogens with one attached hydrogen (secondary N) is 1. The van der Waals surface area contributed by atoms with Gasteiger partial charge < -0.3 is 10.1 Å². The first-order chi connectivity index (χ1) is 8.54. The van der Waals surface area contributed by atoms with Crippen molar-refractivity contribution in [1.82, 2.24) is 9.97 Å². The highest BCUT2D eigenvalue weighted by Crippen LogP contribution is 2.28. The van der Waals surface area contributed by atoms with E-state index in [9.17, 15) is 5.11 Å². The Hall–Kier alpha value is -1.61. The first kappa shape index (κ1) is 11.5. The lowest BCUT2D eigenvalue weighted by molar-refractivity contribution is 0.0697. The zero-order valence-corrected chi connectivity index (χ0v) is 10.8. The molecule has 1 aliphatic rings. The molecule has 1 aliphatic carbocycles. The van der Waals surface area contributed by atoms with Crippen molar-refractivity contribution in [3.63, 3.8) is 0 Å². The summed E-state index contributed by atoms with van der Waals surface area (Å²) in [6.45, 7) is 3.47. The SMILES string of the molecule is CC(C)(O)c1ncc(-c2ccc3c(c2)CCC3)[nH]1. The van der Waals surface area contributed by atoms with Gasteiger partial charge in [0.25, 0.3) is 0 Å². The van der Waals surface area contributed by atoms with Crippen LogP contribution >= 0.6 is 0 Å². The summed E-state index contributed by atoms with van der Waals surface area (Å²) < 4.78 is 0. The third-order valence-electron chi connectivity index (χ3n) is 3.56. The molecule has 1 heterocycles. The van der Waals surface area contributed by atoms with Crippen molar-refractivity contribution in [2.45, 2.75) is 38.7 Å². The largest absolute Gasteiger partial charge is 0.383 e. The maximum absolute atomic E-state index is 9.91. The summed E-state index contributed by atoms with van der Waals surface area (Å²) in [7, 11) is 0. The topological polar surface area (TPSA) is 48.9 Å². The number of imidazole rings is 1. The number of benzene rings is 1. The summed E-state index contributed by atoms with van der Waals surface area (Å²) in [4.78, 5) is 7.45. The first-order valence-electron chi connectivity index (χ1n) is 6.44. The third kappa shape index (κ3) is 1.95. The molecule has 1 aromatic carbocycles. The van der Waals surface area contributed by atoms with Crippen LogP contribution < -0.4 is 0 Å². The van der Waals surface area contributed by atoms with Crippen molar-refractivity contribution in [3.05, 3.63) is 41.3 Å². The summed E-state index contributed by atoms with van der Waals surface area (Å²) in [5, 5.41) is 9.91. The standard InChI is InChI=1S/C15H18N2O/c1-15(2,18)14-16-9-13(17-14)12-7-6-10-4-3-5-11(10)8-12/h6-9,18H,3-5H2,1-2H3,(H,16,17). The molecule has 94 valence electrons. The van der Waals surface area contributed by atoms with Crippen molar-refractivity contribution in [2.75, 3.05) is 0 Å².